The van der Waals surface area contributed by atoms with Crippen LogP contribution < -0.4 is 10.1 Å². The Kier molecular flexibility index (Phi) is 5.49. The first kappa shape index (κ1) is 18.1. The number of ketones is 1. The van der Waals surface area contributed by atoms with Crippen molar-refractivity contribution in [2.75, 3.05) is 5.32 Å². The molecule has 1 N–H and O–H groups in total. The molecule has 2 aromatic carbocycles. The van der Waals surface area contributed by atoms with Gasteiger partial charge < -0.3 is 10.1 Å². The molecule has 0 aliphatic carbocycles. The quantitative estimate of drug-likeness (QED) is 0.492. The molecule has 0 aliphatic heterocycles. The summed E-state index contributed by atoms with van der Waals surface area (Å²) in [6, 6.07) is 10.8. The van der Waals surface area contributed by atoms with Gasteiger partial charge in [0.05, 0.1) is 10.6 Å². The number of Topliss-reactive ketones (excluding diaryl/α,β-unsaturated/α-hetero) is 1. The van der Waals surface area contributed by atoms with Crippen LogP contribution >= 0.6 is 0 Å². The number of nitrogens with zero attached hydrogens (tertiary/aromatic N) is 1. The second-order valence-corrected chi connectivity index (χ2v) is 5.59. The number of aryl methyl sites for hydroxylation is 1. The number of ether oxygens (including phenoxy) is 1. The number of hydrogen-bond donors (Lipinski definition) is 1. The number of nitro benzene ring substituents is 1. The van der Waals surface area contributed by atoms with Gasteiger partial charge in [-0.3, -0.25) is 19.7 Å². The van der Waals surface area contributed by atoms with E-state index in [0.29, 0.717) is 22.6 Å². The minimum Gasteiger partial charge on any atom is -0.481 e. The predicted molar refractivity (Wildman–Crippen MR) is 93.0 cm³/mol. The summed E-state index contributed by atoms with van der Waals surface area (Å²) in [5, 5.41) is 13.5. The maximum Gasteiger partial charge on any atom is 0.271 e. The summed E-state index contributed by atoms with van der Waals surface area (Å²) in [6.07, 6.45) is -0.846. The van der Waals surface area contributed by atoms with Crippen LogP contribution in [-0.2, 0) is 4.79 Å². The average Bonchev–Trinajstić information content (AvgIpc) is 2.56. The molecule has 0 heterocycles. The summed E-state index contributed by atoms with van der Waals surface area (Å²) in [4.78, 5) is 34.0. The summed E-state index contributed by atoms with van der Waals surface area (Å²) in [5.74, 6) is -0.155. The normalized spacial score (nSPS) is 11.5. The number of benzene rings is 2. The molecule has 0 aliphatic rings. The lowest BCUT2D eigenvalue weighted by atomic mass is 10.1. The van der Waals surface area contributed by atoms with Crippen molar-refractivity contribution < 1.29 is 19.2 Å². The minimum absolute atomic E-state index is 0.102. The fraction of sp³-hybridized carbons (Fsp3) is 0.222. The number of carbonyl (C=O) groups is 2. The third-order valence-corrected chi connectivity index (χ3v) is 3.61. The second kappa shape index (κ2) is 7.57. The van der Waals surface area contributed by atoms with Crippen molar-refractivity contribution in [1.29, 1.82) is 0 Å². The van der Waals surface area contributed by atoms with Crippen molar-refractivity contribution in [3.8, 4) is 5.75 Å². The van der Waals surface area contributed by atoms with Crippen LogP contribution in [-0.4, -0.2) is 22.7 Å². The van der Waals surface area contributed by atoms with Crippen molar-refractivity contribution in [1.82, 2.24) is 0 Å². The van der Waals surface area contributed by atoms with Gasteiger partial charge in [0.1, 0.15) is 5.75 Å². The van der Waals surface area contributed by atoms with E-state index >= 15 is 0 Å². The van der Waals surface area contributed by atoms with Crippen molar-refractivity contribution in [2.45, 2.75) is 26.9 Å². The fourth-order valence-electron chi connectivity index (χ4n) is 2.14. The third kappa shape index (κ3) is 4.63. The number of rotatable bonds is 6. The molecule has 25 heavy (non-hydrogen) atoms. The minimum atomic E-state index is -0.846. The predicted octanol–water partition coefficient (Wildman–Crippen LogP) is 3.51. The smallest absolute Gasteiger partial charge is 0.271 e. The van der Waals surface area contributed by atoms with Gasteiger partial charge >= 0.3 is 0 Å². The van der Waals surface area contributed by atoms with Crippen LogP contribution in [0.15, 0.2) is 42.5 Å². The first-order valence-corrected chi connectivity index (χ1v) is 7.61. The molecule has 0 bridgehead atoms. The lowest BCUT2D eigenvalue weighted by molar-refractivity contribution is -0.384. The lowest BCUT2D eigenvalue weighted by Crippen LogP contribution is -2.30. The molecule has 0 fully saturated rings. The molecular weight excluding hydrogens is 324 g/mol. The van der Waals surface area contributed by atoms with Gasteiger partial charge in [-0.15, -0.1) is 0 Å². The van der Waals surface area contributed by atoms with E-state index in [1.165, 1.54) is 19.1 Å². The van der Waals surface area contributed by atoms with E-state index in [4.69, 9.17) is 4.74 Å². The van der Waals surface area contributed by atoms with Crippen LogP contribution in [0.4, 0.5) is 11.4 Å². The Morgan fingerprint density at radius 2 is 1.92 bits per heavy atom. The largest absolute Gasteiger partial charge is 0.481 e. The zero-order valence-electron chi connectivity index (χ0n) is 14.1. The van der Waals surface area contributed by atoms with Crippen molar-refractivity contribution in [2.24, 2.45) is 0 Å². The highest BCUT2D eigenvalue weighted by Crippen LogP contribution is 2.22. The van der Waals surface area contributed by atoms with Crippen molar-refractivity contribution in [3.05, 3.63) is 63.7 Å². The Morgan fingerprint density at radius 3 is 2.56 bits per heavy atom. The van der Waals surface area contributed by atoms with E-state index in [-0.39, 0.29) is 11.5 Å². The first-order valence-electron chi connectivity index (χ1n) is 7.61. The molecule has 130 valence electrons. The summed E-state index contributed by atoms with van der Waals surface area (Å²) in [6.45, 7) is 4.74. The number of anilines is 1. The van der Waals surface area contributed by atoms with E-state index in [2.05, 4.69) is 5.32 Å². The first-order chi connectivity index (χ1) is 11.8. The molecule has 7 heteroatoms. The number of amides is 1. The molecular formula is C18H18N2O5. The van der Waals surface area contributed by atoms with E-state index in [1.807, 2.05) is 0 Å². The molecule has 2 aromatic rings. The van der Waals surface area contributed by atoms with E-state index < -0.39 is 16.9 Å². The second-order valence-electron chi connectivity index (χ2n) is 5.59. The monoisotopic (exact) mass is 342 g/mol. The molecule has 0 saturated carbocycles. The SMILES string of the molecule is CC(=O)c1cccc(OC(C)C(=O)Nc2cc([N+](=O)[O-])ccc2C)c1. The highest BCUT2D eigenvalue weighted by Gasteiger charge is 2.18. The van der Waals surface area contributed by atoms with Gasteiger partial charge in [-0.05, 0) is 38.5 Å². The number of nitro groups is 1. The zero-order chi connectivity index (χ0) is 18.6. The Labute approximate surface area is 144 Å². The molecule has 0 aromatic heterocycles. The highest BCUT2D eigenvalue weighted by molar-refractivity contribution is 5.95. The molecule has 1 unspecified atom stereocenters. The van der Waals surface area contributed by atoms with Crippen LogP contribution in [0.25, 0.3) is 0 Å². The summed E-state index contributed by atoms with van der Waals surface area (Å²) in [7, 11) is 0. The van der Waals surface area contributed by atoms with Crippen LogP contribution in [0, 0.1) is 17.0 Å². The summed E-state index contributed by atoms with van der Waals surface area (Å²) < 4.78 is 5.56. The molecule has 1 amide bonds. The van der Waals surface area contributed by atoms with Gasteiger partial charge in [0.25, 0.3) is 11.6 Å². The van der Waals surface area contributed by atoms with Gasteiger partial charge in [-0.2, -0.15) is 0 Å². The van der Waals surface area contributed by atoms with Gasteiger partial charge in [0, 0.05) is 17.7 Å². The topological polar surface area (TPSA) is 98.5 Å². The van der Waals surface area contributed by atoms with Crippen LogP contribution in [0.5, 0.6) is 5.75 Å². The zero-order valence-corrected chi connectivity index (χ0v) is 14.1. The number of non-ortho nitro benzene ring substituents is 1. The maximum atomic E-state index is 12.3. The Balaban J connectivity index is 2.10. The van der Waals surface area contributed by atoms with E-state index in [1.54, 1.807) is 44.2 Å². The molecule has 0 radical (unpaired) electrons. The highest BCUT2D eigenvalue weighted by atomic mass is 16.6. The standard InChI is InChI=1S/C18H18N2O5/c1-11-7-8-15(20(23)24)10-17(11)19-18(22)13(3)25-16-6-4-5-14(9-16)12(2)21/h4-10,13H,1-3H3,(H,19,22). The van der Waals surface area contributed by atoms with Crippen molar-refractivity contribution in [3.63, 3.8) is 0 Å². The summed E-state index contributed by atoms with van der Waals surface area (Å²) in [5.41, 5.74) is 1.43. The summed E-state index contributed by atoms with van der Waals surface area (Å²) >= 11 is 0. The number of carbonyl (C=O) groups excluding carboxylic acids is 2. The Morgan fingerprint density at radius 1 is 1.20 bits per heavy atom. The van der Waals surface area contributed by atoms with Crippen LogP contribution in [0.2, 0.25) is 0 Å². The van der Waals surface area contributed by atoms with Crippen LogP contribution in [0.3, 0.4) is 0 Å². The van der Waals surface area contributed by atoms with Gasteiger partial charge in [0.2, 0.25) is 0 Å². The molecule has 7 nitrogen and oxygen atoms in total. The molecule has 1 atom stereocenters. The van der Waals surface area contributed by atoms with E-state index in [9.17, 15) is 19.7 Å². The Bertz CT molecular complexity index is 832. The van der Waals surface area contributed by atoms with E-state index in [0.717, 1.165) is 0 Å². The van der Waals surface area contributed by atoms with Crippen LogP contribution in [0.1, 0.15) is 29.8 Å². The molecule has 0 saturated heterocycles. The lowest BCUT2D eigenvalue weighted by Gasteiger charge is -2.16. The third-order valence-electron chi connectivity index (χ3n) is 3.61. The Hall–Kier alpha value is -3.22. The van der Waals surface area contributed by atoms with Gasteiger partial charge in [-0.1, -0.05) is 18.2 Å². The van der Waals surface area contributed by atoms with Gasteiger partial charge in [-0.25, -0.2) is 0 Å². The fourth-order valence-corrected chi connectivity index (χ4v) is 2.14. The molecule has 0 spiro atoms. The maximum absolute atomic E-state index is 12.3. The van der Waals surface area contributed by atoms with Crippen molar-refractivity contribution >= 4 is 23.1 Å². The molecule has 2 rings (SSSR count). The van der Waals surface area contributed by atoms with Gasteiger partial charge in [0.15, 0.2) is 11.9 Å². The number of nitrogens with one attached hydrogen (secondary N) is 1. The average molecular weight is 342 g/mol. The number of hydrogen-bond acceptors (Lipinski definition) is 5.